The number of unbranched alkanes of at least 4 members (excludes halogenated alkanes) is 5. The average Bonchev–Trinajstić information content (AvgIpc) is 2.49. The Labute approximate surface area is 126 Å². The van der Waals surface area contributed by atoms with Gasteiger partial charge in [-0.25, -0.2) is 8.42 Å². The van der Waals surface area contributed by atoms with Crippen LogP contribution in [0.4, 0.5) is 0 Å². The zero-order valence-corrected chi connectivity index (χ0v) is 13.1. The lowest BCUT2D eigenvalue weighted by molar-refractivity contribution is 0.583. The first-order valence-corrected chi connectivity index (χ1v) is 8.88. The molecule has 0 saturated carbocycles. The molecule has 0 radical (unpaired) electrons. The summed E-state index contributed by atoms with van der Waals surface area (Å²) in [7, 11) is -3.50. The molecule has 0 aliphatic rings. The lowest BCUT2D eigenvalue weighted by atomic mass is 10.1. The van der Waals surface area contributed by atoms with Crippen molar-refractivity contribution in [3.8, 4) is 12.1 Å². The molecule has 0 aromatic heterocycles. The lowest BCUT2D eigenvalue weighted by Gasteiger charge is -2.07. The summed E-state index contributed by atoms with van der Waals surface area (Å²) in [6.07, 6.45) is 5.96. The second kappa shape index (κ2) is 8.44. The standard InChI is InChI=1S/C16H20N2O2S/c1-2-3-4-5-6-7-11-21(19,20)16-10-8-9-14(12-17)15(16)13-18/h8-10H,2-7,11H2,1H3. The Balaban J connectivity index is 2.76. The number of hydrogen-bond donors (Lipinski definition) is 0. The number of nitriles is 2. The van der Waals surface area contributed by atoms with Crippen LogP contribution in [0, 0.1) is 22.7 Å². The summed E-state index contributed by atoms with van der Waals surface area (Å²) in [4.78, 5) is -0.0161. The minimum atomic E-state index is -3.50. The number of hydrogen-bond acceptors (Lipinski definition) is 4. The minimum absolute atomic E-state index is 0.0161. The van der Waals surface area contributed by atoms with Gasteiger partial charge in [0.2, 0.25) is 0 Å². The SMILES string of the molecule is CCCCCCCCS(=O)(=O)c1cccc(C#N)c1C#N. The highest BCUT2D eigenvalue weighted by atomic mass is 32.2. The first-order chi connectivity index (χ1) is 10.1. The summed E-state index contributed by atoms with van der Waals surface area (Å²) in [5.74, 6) is 0.0304. The van der Waals surface area contributed by atoms with Crippen LogP contribution in [0.5, 0.6) is 0 Å². The van der Waals surface area contributed by atoms with Gasteiger partial charge in [-0.2, -0.15) is 10.5 Å². The predicted octanol–water partition coefficient (Wildman–Crippen LogP) is 3.56. The third-order valence-corrected chi connectivity index (χ3v) is 5.20. The van der Waals surface area contributed by atoms with Gasteiger partial charge in [-0.15, -0.1) is 0 Å². The highest BCUT2D eigenvalue weighted by Crippen LogP contribution is 2.21. The predicted molar refractivity (Wildman–Crippen MR) is 81.3 cm³/mol. The minimum Gasteiger partial charge on any atom is -0.224 e. The van der Waals surface area contributed by atoms with E-state index in [0.29, 0.717) is 6.42 Å². The molecule has 5 heteroatoms. The normalized spacial score (nSPS) is 10.8. The monoisotopic (exact) mass is 304 g/mol. The molecule has 21 heavy (non-hydrogen) atoms. The van der Waals surface area contributed by atoms with Crippen LogP contribution in [0.25, 0.3) is 0 Å². The van der Waals surface area contributed by atoms with Crippen molar-refractivity contribution in [2.75, 3.05) is 5.75 Å². The summed E-state index contributed by atoms with van der Waals surface area (Å²) in [5.41, 5.74) is 0.0764. The Kier molecular flexibility index (Phi) is 6.91. The molecule has 1 aromatic carbocycles. The molecule has 0 atom stereocenters. The van der Waals surface area contributed by atoms with Crippen molar-refractivity contribution in [3.63, 3.8) is 0 Å². The molecule has 0 unspecified atom stereocenters. The van der Waals surface area contributed by atoms with Crippen LogP contribution >= 0.6 is 0 Å². The third-order valence-electron chi connectivity index (χ3n) is 3.36. The maximum absolute atomic E-state index is 12.3. The Morgan fingerprint density at radius 3 is 2.29 bits per heavy atom. The average molecular weight is 304 g/mol. The van der Waals surface area contributed by atoms with Gasteiger partial charge in [-0.3, -0.25) is 0 Å². The fourth-order valence-corrected chi connectivity index (χ4v) is 3.74. The highest BCUT2D eigenvalue weighted by molar-refractivity contribution is 7.91. The van der Waals surface area contributed by atoms with Crippen molar-refractivity contribution in [2.24, 2.45) is 0 Å². The fraction of sp³-hybridized carbons (Fsp3) is 0.500. The van der Waals surface area contributed by atoms with Gasteiger partial charge in [0.15, 0.2) is 9.84 Å². The van der Waals surface area contributed by atoms with Gasteiger partial charge < -0.3 is 0 Å². The van der Waals surface area contributed by atoms with E-state index in [1.807, 2.05) is 12.1 Å². The Bertz CT molecular complexity index is 652. The van der Waals surface area contributed by atoms with Gasteiger partial charge in [0.05, 0.1) is 21.8 Å². The molecule has 0 aliphatic carbocycles. The second-order valence-electron chi connectivity index (χ2n) is 4.99. The Morgan fingerprint density at radius 2 is 1.67 bits per heavy atom. The largest absolute Gasteiger partial charge is 0.224 e. The van der Waals surface area contributed by atoms with E-state index in [4.69, 9.17) is 10.5 Å². The van der Waals surface area contributed by atoms with Crippen molar-refractivity contribution in [3.05, 3.63) is 29.3 Å². The van der Waals surface area contributed by atoms with E-state index >= 15 is 0 Å². The van der Waals surface area contributed by atoms with Gasteiger partial charge in [0, 0.05) is 0 Å². The van der Waals surface area contributed by atoms with E-state index in [2.05, 4.69) is 6.92 Å². The van der Waals surface area contributed by atoms with Crippen LogP contribution in [0.3, 0.4) is 0 Å². The van der Waals surface area contributed by atoms with Crippen LogP contribution in [0.2, 0.25) is 0 Å². The zero-order chi connectivity index (χ0) is 15.7. The molecular weight excluding hydrogens is 284 g/mol. The Morgan fingerprint density at radius 1 is 1.00 bits per heavy atom. The van der Waals surface area contributed by atoms with E-state index in [0.717, 1.165) is 25.7 Å². The first kappa shape index (κ1) is 17.2. The molecule has 0 saturated heterocycles. The fourth-order valence-electron chi connectivity index (χ4n) is 2.18. The maximum Gasteiger partial charge on any atom is 0.179 e. The molecule has 0 fully saturated rings. The highest BCUT2D eigenvalue weighted by Gasteiger charge is 2.20. The maximum atomic E-state index is 12.3. The van der Waals surface area contributed by atoms with E-state index in [9.17, 15) is 8.42 Å². The van der Waals surface area contributed by atoms with E-state index in [1.54, 1.807) is 0 Å². The van der Waals surface area contributed by atoms with E-state index < -0.39 is 9.84 Å². The third kappa shape index (κ3) is 4.88. The summed E-state index contributed by atoms with van der Waals surface area (Å²) in [6.45, 7) is 2.13. The topological polar surface area (TPSA) is 81.7 Å². The molecule has 1 aromatic rings. The molecule has 4 nitrogen and oxygen atoms in total. The van der Waals surface area contributed by atoms with Crippen LogP contribution in [0.15, 0.2) is 23.1 Å². The molecule has 0 amide bonds. The summed E-state index contributed by atoms with van der Waals surface area (Å²) in [5, 5.41) is 18.0. The van der Waals surface area contributed by atoms with Gasteiger partial charge in [0.25, 0.3) is 0 Å². The van der Waals surface area contributed by atoms with Crippen LogP contribution in [-0.2, 0) is 9.84 Å². The van der Waals surface area contributed by atoms with Crippen LogP contribution in [-0.4, -0.2) is 14.2 Å². The second-order valence-corrected chi connectivity index (χ2v) is 7.07. The van der Waals surface area contributed by atoms with Crippen molar-refractivity contribution >= 4 is 9.84 Å². The van der Waals surface area contributed by atoms with Gasteiger partial charge >= 0.3 is 0 Å². The van der Waals surface area contributed by atoms with Crippen molar-refractivity contribution in [1.29, 1.82) is 10.5 Å². The number of benzene rings is 1. The smallest absolute Gasteiger partial charge is 0.179 e. The van der Waals surface area contributed by atoms with Crippen molar-refractivity contribution in [2.45, 2.75) is 50.3 Å². The van der Waals surface area contributed by atoms with Gasteiger partial charge in [-0.1, -0.05) is 45.1 Å². The quantitative estimate of drug-likeness (QED) is 0.687. The van der Waals surface area contributed by atoms with Crippen LogP contribution in [0.1, 0.15) is 56.6 Å². The molecule has 0 N–H and O–H groups in total. The molecule has 0 spiro atoms. The molecular formula is C16H20N2O2S. The zero-order valence-electron chi connectivity index (χ0n) is 12.3. The van der Waals surface area contributed by atoms with Gasteiger partial charge in [0.1, 0.15) is 12.1 Å². The Hall–Kier alpha value is -1.85. The molecule has 0 heterocycles. The number of nitrogens with zero attached hydrogens (tertiary/aromatic N) is 2. The van der Waals surface area contributed by atoms with Crippen molar-refractivity contribution < 1.29 is 8.42 Å². The van der Waals surface area contributed by atoms with E-state index in [1.165, 1.54) is 24.6 Å². The number of rotatable bonds is 8. The molecule has 0 aliphatic heterocycles. The summed E-state index contributed by atoms with van der Waals surface area (Å²) in [6, 6.07) is 8.08. The van der Waals surface area contributed by atoms with Crippen molar-refractivity contribution in [1.82, 2.24) is 0 Å². The van der Waals surface area contributed by atoms with E-state index in [-0.39, 0.29) is 21.8 Å². The van der Waals surface area contributed by atoms with Gasteiger partial charge in [-0.05, 0) is 18.6 Å². The molecule has 1 rings (SSSR count). The summed E-state index contributed by atoms with van der Waals surface area (Å²) < 4.78 is 24.6. The lowest BCUT2D eigenvalue weighted by Crippen LogP contribution is -2.09. The number of sulfone groups is 1. The molecule has 0 bridgehead atoms. The van der Waals surface area contributed by atoms with Crippen LogP contribution < -0.4 is 0 Å². The first-order valence-electron chi connectivity index (χ1n) is 7.22. The summed E-state index contributed by atoms with van der Waals surface area (Å²) >= 11 is 0. The molecule has 112 valence electrons.